The van der Waals surface area contributed by atoms with Gasteiger partial charge in [0.2, 0.25) is 0 Å². The van der Waals surface area contributed by atoms with Gasteiger partial charge in [-0.1, -0.05) is 66.7 Å². The van der Waals surface area contributed by atoms with E-state index in [9.17, 15) is 27.6 Å². The van der Waals surface area contributed by atoms with Gasteiger partial charge >= 0.3 is 24.1 Å². The summed E-state index contributed by atoms with van der Waals surface area (Å²) < 4.78 is 60.8. The Hall–Kier alpha value is -5.12. The lowest BCUT2D eigenvalue weighted by atomic mass is 9.83. The lowest BCUT2D eigenvalue weighted by Crippen LogP contribution is -2.40. The fraction of sp³-hybridized carbons (Fsp3) is 0.229. The van der Waals surface area contributed by atoms with Crippen molar-refractivity contribution in [2.45, 2.75) is 31.9 Å². The predicted octanol–water partition coefficient (Wildman–Crippen LogP) is 7.21. The summed E-state index contributed by atoms with van der Waals surface area (Å²) in [5.41, 5.74) is 0.0597. The minimum Gasteiger partial charge on any atom is -0.493 e. The molecule has 0 fully saturated rings. The van der Waals surface area contributed by atoms with Crippen LogP contribution in [0.1, 0.15) is 40.9 Å². The first-order valence-corrected chi connectivity index (χ1v) is 14.0. The van der Waals surface area contributed by atoms with Crippen LogP contribution in [0.5, 0.6) is 11.5 Å². The number of methoxy groups -OCH3 is 1. The molecule has 45 heavy (non-hydrogen) atoms. The SMILES string of the molecule is CCOC(=O)C(C)(COC(=O)Cc1ccc(OC(=O)c2ccccc2-c2ccc(C(F)(F)F)cc2)c(OC)c1)c1ccccc1. The summed E-state index contributed by atoms with van der Waals surface area (Å²) in [4.78, 5) is 38.8. The summed E-state index contributed by atoms with van der Waals surface area (Å²) in [5, 5.41) is 0. The van der Waals surface area contributed by atoms with Gasteiger partial charge < -0.3 is 18.9 Å². The van der Waals surface area contributed by atoms with Gasteiger partial charge in [0.05, 0.1) is 31.3 Å². The van der Waals surface area contributed by atoms with Crippen molar-refractivity contribution in [3.8, 4) is 22.6 Å². The third kappa shape index (κ3) is 7.89. The molecule has 1 atom stereocenters. The van der Waals surface area contributed by atoms with Crippen LogP contribution in [0, 0.1) is 0 Å². The average Bonchev–Trinajstić information content (AvgIpc) is 3.04. The van der Waals surface area contributed by atoms with Crippen LogP contribution in [-0.2, 0) is 37.1 Å². The van der Waals surface area contributed by atoms with Gasteiger partial charge in [-0.25, -0.2) is 4.79 Å². The summed E-state index contributed by atoms with van der Waals surface area (Å²) in [6.45, 7) is 3.28. The van der Waals surface area contributed by atoms with E-state index in [2.05, 4.69) is 0 Å². The number of benzene rings is 4. The number of ether oxygens (including phenoxy) is 4. The molecule has 4 aromatic carbocycles. The van der Waals surface area contributed by atoms with E-state index >= 15 is 0 Å². The maximum atomic E-state index is 13.2. The number of hydrogen-bond donors (Lipinski definition) is 0. The standard InChI is InChI=1S/C35H31F3O7/c1-4-43-33(41)34(2,25-10-6-5-7-11-25)22-44-31(39)21-23-14-19-29(30(20-23)42-3)45-32(40)28-13-9-8-12-27(28)24-15-17-26(18-16-24)35(36,37)38/h5-20H,4,21-22H2,1-3H3. The second-order valence-electron chi connectivity index (χ2n) is 10.3. The molecular weight excluding hydrogens is 589 g/mol. The maximum Gasteiger partial charge on any atom is 0.416 e. The number of esters is 3. The van der Waals surface area contributed by atoms with Crippen molar-refractivity contribution < 1.29 is 46.5 Å². The molecule has 10 heteroatoms. The molecule has 0 aliphatic rings. The number of hydrogen-bond acceptors (Lipinski definition) is 7. The van der Waals surface area contributed by atoms with Gasteiger partial charge in [-0.3, -0.25) is 9.59 Å². The van der Waals surface area contributed by atoms with Crippen molar-refractivity contribution in [3.63, 3.8) is 0 Å². The lowest BCUT2D eigenvalue weighted by molar-refractivity contribution is -0.156. The second-order valence-corrected chi connectivity index (χ2v) is 10.3. The molecule has 1 unspecified atom stereocenters. The molecule has 4 aromatic rings. The molecule has 234 valence electrons. The van der Waals surface area contributed by atoms with Crippen LogP contribution in [0.15, 0.2) is 97.1 Å². The Morgan fingerprint density at radius 1 is 0.756 bits per heavy atom. The van der Waals surface area contributed by atoms with Crippen LogP contribution < -0.4 is 9.47 Å². The van der Waals surface area contributed by atoms with Crippen LogP contribution in [-0.4, -0.2) is 38.2 Å². The minimum absolute atomic E-state index is 0.0702. The zero-order valence-electron chi connectivity index (χ0n) is 24.9. The highest BCUT2D eigenvalue weighted by Gasteiger charge is 2.38. The van der Waals surface area contributed by atoms with E-state index in [1.54, 1.807) is 62.4 Å². The fourth-order valence-corrected chi connectivity index (χ4v) is 4.61. The molecule has 7 nitrogen and oxygen atoms in total. The zero-order valence-corrected chi connectivity index (χ0v) is 24.9. The van der Waals surface area contributed by atoms with Crippen LogP contribution in [0.2, 0.25) is 0 Å². The molecule has 0 spiro atoms. The zero-order chi connectivity index (χ0) is 32.6. The molecule has 0 heterocycles. The molecular formula is C35H31F3O7. The summed E-state index contributed by atoms with van der Waals surface area (Å²) >= 11 is 0. The fourth-order valence-electron chi connectivity index (χ4n) is 4.61. The molecule has 0 saturated carbocycles. The average molecular weight is 621 g/mol. The first-order valence-electron chi connectivity index (χ1n) is 14.0. The summed E-state index contributed by atoms with van der Waals surface area (Å²) in [7, 11) is 1.37. The van der Waals surface area contributed by atoms with Crippen molar-refractivity contribution in [2.75, 3.05) is 20.3 Å². The highest BCUT2D eigenvalue weighted by molar-refractivity contribution is 5.98. The van der Waals surface area contributed by atoms with Crippen molar-refractivity contribution in [1.82, 2.24) is 0 Å². The summed E-state index contributed by atoms with van der Waals surface area (Å²) in [6, 6.07) is 24.3. The largest absolute Gasteiger partial charge is 0.493 e. The number of carbonyl (C=O) groups is 3. The highest BCUT2D eigenvalue weighted by Crippen LogP contribution is 2.34. The van der Waals surface area contributed by atoms with E-state index in [4.69, 9.17) is 18.9 Å². The summed E-state index contributed by atoms with van der Waals surface area (Å²) in [5.74, 6) is -1.63. The molecule has 0 aliphatic carbocycles. The van der Waals surface area contributed by atoms with E-state index in [1.165, 1.54) is 37.4 Å². The van der Waals surface area contributed by atoms with Gasteiger partial charge in [0.15, 0.2) is 11.5 Å². The topological polar surface area (TPSA) is 88.1 Å². The Kier molecular flexibility index (Phi) is 10.3. The Bertz CT molecular complexity index is 1650. The van der Waals surface area contributed by atoms with Gasteiger partial charge in [-0.15, -0.1) is 0 Å². The Labute approximate surface area is 258 Å². The molecule has 0 aliphatic heterocycles. The second kappa shape index (κ2) is 14.1. The highest BCUT2D eigenvalue weighted by atomic mass is 19.4. The van der Waals surface area contributed by atoms with Crippen LogP contribution in [0.25, 0.3) is 11.1 Å². The van der Waals surface area contributed by atoms with Crippen molar-refractivity contribution in [3.05, 3.63) is 119 Å². The first-order chi connectivity index (χ1) is 21.5. The summed E-state index contributed by atoms with van der Waals surface area (Å²) in [6.07, 6.45) is -4.64. The van der Waals surface area contributed by atoms with E-state index in [0.717, 1.165) is 12.1 Å². The van der Waals surface area contributed by atoms with Gasteiger partial charge in [0.1, 0.15) is 12.0 Å². The van der Waals surface area contributed by atoms with Crippen LogP contribution in [0.3, 0.4) is 0 Å². The molecule has 0 amide bonds. The first kappa shape index (κ1) is 32.8. The monoisotopic (exact) mass is 620 g/mol. The van der Waals surface area contributed by atoms with E-state index in [1.807, 2.05) is 6.07 Å². The Balaban J connectivity index is 1.46. The number of halogens is 3. The molecule has 0 N–H and O–H groups in total. The van der Waals surface area contributed by atoms with Crippen molar-refractivity contribution in [2.24, 2.45) is 0 Å². The van der Waals surface area contributed by atoms with Crippen LogP contribution in [0.4, 0.5) is 13.2 Å². The number of carbonyl (C=O) groups excluding carboxylic acids is 3. The van der Waals surface area contributed by atoms with Crippen molar-refractivity contribution >= 4 is 17.9 Å². The molecule has 0 saturated heterocycles. The lowest BCUT2D eigenvalue weighted by Gasteiger charge is -2.27. The normalized spacial score (nSPS) is 12.5. The molecule has 0 aromatic heterocycles. The van der Waals surface area contributed by atoms with E-state index < -0.39 is 35.1 Å². The van der Waals surface area contributed by atoms with E-state index in [-0.39, 0.29) is 36.7 Å². The maximum absolute atomic E-state index is 13.2. The van der Waals surface area contributed by atoms with Crippen molar-refractivity contribution in [1.29, 1.82) is 0 Å². The third-order valence-corrected chi connectivity index (χ3v) is 7.11. The number of rotatable bonds is 11. The molecule has 0 radical (unpaired) electrons. The van der Waals surface area contributed by atoms with Gasteiger partial charge in [0.25, 0.3) is 0 Å². The number of alkyl halides is 3. The van der Waals surface area contributed by atoms with Gasteiger partial charge in [-0.2, -0.15) is 13.2 Å². The van der Waals surface area contributed by atoms with E-state index in [0.29, 0.717) is 22.3 Å². The Morgan fingerprint density at radius 3 is 2.07 bits per heavy atom. The smallest absolute Gasteiger partial charge is 0.416 e. The predicted molar refractivity (Wildman–Crippen MR) is 160 cm³/mol. The van der Waals surface area contributed by atoms with Gasteiger partial charge in [-0.05, 0) is 66.4 Å². The molecule has 0 bridgehead atoms. The third-order valence-electron chi connectivity index (χ3n) is 7.11. The van der Waals surface area contributed by atoms with Crippen LogP contribution >= 0.6 is 0 Å². The quantitative estimate of drug-likeness (QED) is 0.129. The van der Waals surface area contributed by atoms with Gasteiger partial charge in [0, 0.05) is 0 Å². The molecule has 4 rings (SSSR count). The minimum atomic E-state index is -4.48. The Morgan fingerprint density at radius 2 is 1.42 bits per heavy atom.